The number of H-pyrrole nitrogens is 1. The number of aromatic amines is 1. The summed E-state index contributed by atoms with van der Waals surface area (Å²) in [6.07, 6.45) is 1.84. The highest BCUT2D eigenvalue weighted by Crippen LogP contribution is 2.18. The molecular formula is C11H8N2. The van der Waals surface area contributed by atoms with Gasteiger partial charge in [-0.2, -0.15) is 5.26 Å². The topological polar surface area (TPSA) is 39.6 Å². The quantitative estimate of drug-likeness (QED) is 0.698. The van der Waals surface area contributed by atoms with Gasteiger partial charge in [-0.1, -0.05) is 30.3 Å². The molecule has 13 heavy (non-hydrogen) atoms. The number of hydrogen-bond acceptors (Lipinski definition) is 1. The molecule has 2 nitrogen and oxygen atoms in total. The molecule has 0 saturated carbocycles. The van der Waals surface area contributed by atoms with Crippen molar-refractivity contribution in [2.45, 2.75) is 0 Å². The number of nitrogens with zero attached hydrogens (tertiary/aromatic N) is 1. The third kappa shape index (κ3) is 1.45. The highest BCUT2D eigenvalue weighted by molar-refractivity contribution is 5.64. The highest BCUT2D eigenvalue weighted by Gasteiger charge is 1.99. The normalized spacial score (nSPS) is 9.46. The fourth-order valence-corrected chi connectivity index (χ4v) is 1.26. The maximum atomic E-state index is 8.62. The molecule has 0 spiro atoms. The highest BCUT2D eigenvalue weighted by atomic mass is 14.7. The van der Waals surface area contributed by atoms with Crippen molar-refractivity contribution in [2.24, 2.45) is 0 Å². The Labute approximate surface area is 76.5 Å². The summed E-state index contributed by atoms with van der Waals surface area (Å²) < 4.78 is 0. The molecule has 2 heteroatoms. The Morgan fingerprint density at radius 3 is 2.46 bits per heavy atom. The number of nitriles is 1. The van der Waals surface area contributed by atoms with Gasteiger partial charge < -0.3 is 4.98 Å². The average Bonchev–Trinajstić information content (AvgIpc) is 2.67. The Hall–Kier alpha value is -2.01. The van der Waals surface area contributed by atoms with E-state index in [9.17, 15) is 0 Å². The molecular weight excluding hydrogens is 160 g/mol. The van der Waals surface area contributed by atoms with Crippen LogP contribution in [-0.2, 0) is 0 Å². The van der Waals surface area contributed by atoms with Gasteiger partial charge >= 0.3 is 0 Å². The Kier molecular flexibility index (Phi) is 1.85. The Bertz CT molecular complexity index is 435. The predicted molar refractivity (Wildman–Crippen MR) is 50.9 cm³/mol. The van der Waals surface area contributed by atoms with E-state index in [4.69, 9.17) is 5.26 Å². The van der Waals surface area contributed by atoms with Crippen LogP contribution in [0.1, 0.15) is 5.69 Å². The summed E-state index contributed by atoms with van der Waals surface area (Å²) in [5, 5.41) is 8.62. The smallest absolute Gasteiger partial charge is 0.118 e. The molecule has 0 amide bonds. The van der Waals surface area contributed by atoms with E-state index in [1.165, 1.54) is 0 Å². The van der Waals surface area contributed by atoms with E-state index in [0.29, 0.717) is 5.69 Å². The number of benzene rings is 1. The van der Waals surface area contributed by atoms with Gasteiger partial charge in [0.1, 0.15) is 11.8 Å². The molecule has 1 aromatic carbocycles. The second-order valence-corrected chi connectivity index (χ2v) is 2.78. The molecule has 0 aliphatic rings. The van der Waals surface area contributed by atoms with Crippen molar-refractivity contribution < 1.29 is 0 Å². The minimum atomic E-state index is 0.596. The van der Waals surface area contributed by atoms with Gasteiger partial charge in [0.15, 0.2) is 0 Å². The number of hydrogen-bond donors (Lipinski definition) is 1. The molecule has 0 bridgehead atoms. The number of aromatic nitrogens is 1. The van der Waals surface area contributed by atoms with Crippen LogP contribution < -0.4 is 0 Å². The Morgan fingerprint density at radius 2 is 1.85 bits per heavy atom. The first-order chi connectivity index (χ1) is 6.40. The number of nitrogens with one attached hydrogen (secondary N) is 1. The van der Waals surface area contributed by atoms with E-state index < -0.39 is 0 Å². The van der Waals surface area contributed by atoms with Crippen molar-refractivity contribution in [3.63, 3.8) is 0 Å². The minimum absolute atomic E-state index is 0.596. The van der Waals surface area contributed by atoms with Gasteiger partial charge in [0, 0.05) is 11.8 Å². The largest absolute Gasteiger partial charge is 0.353 e. The van der Waals surface area contributed by atoms with Gasteiger partial charge in [0.05, 0.1) is 0 Å². The molecule has 0 fully saturated rings. The van der Waals surface area contributed by atoms with Crippen molar-refractivity contribution in [3.8, 4) is 17.2 Å². The van der Waals surface area contributed by atoms with Crippen molar-refractivity contribution >= 4 is 0 Å². The molecule has 2 rings (SSSR count). The molecule has 2 aromatic rings. The summed E-state index contributed by atoms with van der Waals surface area (Å²) in [5.41, 5.74) is 2.77. The van der Waals surface area contributed by atoms with Crippen LogP contribution in [0.15, 0.2) is 42.6 Å². The van der Waals surface area contributed by atoms with Gasteiger partial charge in [-0.3, -0.25) is 0 Å². The first-order valence-electron chi connectivity index (χ1n) is 4.04. The molecule has 0 unspecified atom stereocenters. The van der Waals surface area contributed by atoms with Gasteiger partial charge in [0.25, 0.3) is 0 Å². The maximum Gasteiger partial charge on any atom is 0.118 e. The first kappa shape index (κ1) is 7.63. The zero-order valence-electron chi connectivity index (χ0n) is 6.99. The van der Waals surface area contributed by atoms with E-state index in [0.717, 1.165) is 11.1 Å². The zero-order valence-corrected chi connectivity index (χ0v) is 6.99. The fourth-order valence-electron chi connectivity index (χ4n) is 1.26. The molecule has 1 N–H and O–H groups in total. The lowest BCUT2D eigenvalue weighted by atomic mass is 10.1. The van der Waals surface area contributed by atoms with Crippen LogP contribution in [-0.4, -0.2) is 4.98 Å². The summed E-state index contributed by atoms with van der Waals surface area (Å²) in [7, 11) is 0. The monoisotopic (exact) mass is 168 g/mol. The molecule has 62 valence electrons. The third-order valence-corrected chi connectivity index (χ3v) is 1.91. The van der Waals surface area contributed by atoms with E-state index in [1.54, 1.807) is 0 Å². The second-order valence-electron chi connectivity index (χ2n) is 2.78. The van der Waals surface area contributed by atoms with E-state index in [-0.39, 0.29) is 0 Å². The van der Waals surface area contributed by atoms with E-state index >= 15 is 0 Å². The van der Waals surface area contributed by atoms with Gasteiger partial charge in [-0.05, 0) is 11.6 Å². The van der Waals surface area contributed by atoms with Crippen LogP contribution >= 0.6 is 0 Å². The molecule has 1 aromatic heterocycles. The molecule has 0 radical (unpaired) electrons. The van der Waals surface area contributed by atoms with Gasteiger partial charge in [-0.25, -0.2) is 0 Å². The van der Waals surface area contributed by atoms with Crippen molar-refractivity contribution in [2.75, 3.05) is 0 Å². The average molecular weight is 168 g/mol. The van der Waals surface area contributed by atoms with Crippen LogP contribution in [0, 0.1) is 11.3 Å². The standard InChI is InChI=1S/C11H8N2/c12-7-11-6-10(8-13-11)9-4-2-1-3-5-9/h1-6,8,13H. The van der Waals surface area contributed by atoms with Crippen LogP contribution in [0.25, 0.3) is 11.1 Å². The lowest BCUT2D eigenvalue weighted by Crippen LogP contribution is -1.70. The molecule has 1 heterocycles. The van der Waals surface area contributed by atoms with Crippen molar-refractivity contribution in [1.82, 2.24) is 4.98 Å². The predicted octanol–water partition coefficient (Wildman–Crippen LogP) is 2.55. The van der Waals surface area contributed by atoms with Gasteiger partial charge in [0.2, 0.25) is 0 Å². The van der Waals surface area contributed by atoms with E-state index in [1.807, 2.05) is 42.6 Å². The summed E-state index contributed by atoms with van der Waals surface area (Å²) in [5.74, 6) is 0. The molecule has 0 atom stereocenters. The van der Waals surface area contributed by atoms with Crippen LogP contribution in [0.3, 0.4) is 0 Å². The van der Waals surface area contributed by atoms with Crippen LogP contribution in [0.5, 0.6) is 0 Å². The Morgan fingerprint density at radius 1 is 1.08 bits per heavy atom. The summed E-state index contributed by atoms with van der Waals surface area (Å²) in [6, 6.07) is 13.9. The minimum Gasteiger partial charge on any atom is -0.353 e. The Balaban J connectivity index is 2.43. The SMILES string of the molecule is N#Cc1cc(-c2ccccc2)c[nH]1. The summed E-state index contributed by atoms with van der Waals surface area (Å²) in [4.78, 5) is 2.89. The lowest BCUT2D eigenvalue weighted by Gasteiger charge is -1.93. The van der Waals surface area contributed by atoms with Crippen molar-refractivity contribution in [1.29, 1.82) is 5.26 Å². The number of rotatable bonds is 1. The molecule has 0 saturated heterocycles. The molecule has 0 aliphatic heterocycles. The maximum absolute atomic E-state index is 8.62. The van der Waals surface area contributed by atoms with Crippen molar-refractivity contribution in [3.05, 3.63) is 48.3 Å². The molecule has 0 aliphatic carbocycles. The van der Waals surface area contributed by atoms with Crippen LogP contribution in [0.2, 0.25) is 0 Å². The summed E-state index contributed by atoms with van der Waals surface area (Å²) in [6.45, 7) is 0. The van der Waals surface area contributed by atoms with Crippen LogP contribution in [0.4, 0.5) is 0 Å². The van der Waals surface area contributed by atoms with E-state index in [2.05, 4.69) is 11.1 Å². The third-order valence-electron chi connectivity index (χ3n) is 1.91. The fraction of sp³-hybridized carbons (Fsp3) is 0. The zero-order chi connectivity index (χ0) is 9.10. The first-order valence-corrected chi connectivity index (χ1v) is 4.04. The van der Waals surface area contributed by atoms with Gasteiger partial charge in [-0.15, -0.1) is 0 Å². The summed E-state index contributed by atoms with van der Waals surface area (Å²) >= 11 is 0. The lowest BCUT2D eigenvalue weighted by molar-refractivity contribution is 1.33. The second kappa shape index (κ2) is 3.16.